The van der Waals surface area contributed by atoms with Gasteiger partial charge in [0, 0.05) is 34.6 Å². The Bertz CT molecular complexity index is 1050. The molecule has 1 saturated heterocycles. The molecule has 1 aromatic heterocycles. The molecule has 0 spiro atoms. The molecule has 1 aliphatic rings. The van der Waals surface area contributed by atoms with Gasteiger partial charge in [-0.3, -0.25) is 0 Å². The van der Waals surface area contributed by atoms with Gasteiger partial charge in [0.2, 0.25) is 0 Å². The largest absolute Gasteiger partial charge is 0.447 e. The van der Waals surface area contributed by atoms with Crippen molar-refractivity contribution in [2.45, 2.75) is 18.8 Å². The van der Waals surface area contributed by atoms with Gasteiger partial charge < -0.3 is 19.9 Å². The third-order valence-corrected chi connectivity index (χ3v) is 3.08. The highest BCUT2D eigenvalue weighted by atomic mass is 16.6. The fourth-order valence-corrected chi connectivity index (χ4v) is 2.16. The summed E-state index contributed by atoms with van der Waals surface area (Å²) < 4.78 is 97.7. The van der Waals surface area contributed by atoms with Crippen LogP contribution in [0.4, 0.5) is 4.79 Å². The molecule has 0 radical (unpaired) electrons. The number of nitrogens with one attached hydrogen (secondary N) is 2. The summed E-state index contributed by atoms with van der Waals surface area (Å²) in [6.07, 6.45) is -2.67. The second kappa shape index (κ2) is 5.77. The van der Waals surface area contributed by atoms with E-state index in [1.165, 1.54) is 18.2 Å². The number of H-pyrrole nitrogens is 1. The molecule has 0 bridgehead atoms. The van der Waals surface area contributed by atoms with Gasteiger partial charge in [-0.2, -0.15) is 0 Å². The molecule has 5 heteroatoms. The van der Waals surface area contributed by atoms with Crippen molar-refractivity contribution in [3.63, 3.8) is 0 Å². The zero-order chi connectivity index (χ0) is 25.1. The Morgan fingerprint density at radius 1 is 1.62 bits per heavy atom. The van der Waals surface area contributed by atoms with Crippen LogP contribution in [0.1, 0.15) is 24.8 Å². The van der Waals surface area contributed by atoms with Crippen LogP contribution in [0.25, 0.3) is 10.9 Å². The quantitative estimate of drug-likeness (QED) is 0.887. The highest BCUT2D eigenvalue weighted by Crippen LogP contribution is 2.21. The summed E-state index contributed by atoms with van der Waals surface area (Å²) in [7, 11) is 0. The maximum Gasteiger partial charge on any atom is 0.407 e. The fraction of sp³-hybridized carbons (Fsp3) is 0.438. The Kier molecular flexibility index (Phi) is 1.55. The second-order valence-electron chi connectivity index (χ2n) is 4.62. The molecule has 21 heavy (non-hydrogen) atoms. The average molecular weight is 299 g/mol. The smallest absolute Gasteiger partial charge is 0.407 e. The topological polar surface area (TPSA) is 57.4 Å². The van der Waals surface area contributed by atoms with Crippen LogP contribution in [0.5, 0.6) is 0 Å². The highest BCUT2D eigenvalue weighted by Gasteiger charge is 2.22. The predicted molar refractivity (Wildman–Crippen MR) is 82.5 cm³/mol. The van der Waals surface area contributed by atoms with Crippen molar-refractivity contribution < 1.29 is 26.1 Å². The molecule has 1 fully saturated rings. The Morgan fingerprint density at radius 3 is 3.29 bits per heavy atom. The van der Waals surface area contributed by atoms with Crippen molar-refractivity contribution in [3.8, 4) is 0 Å². The lowest BCUT2D eigenvalue weighted by Gasteiger charge is -2.09. The summed E-state index contributed by atoms with van der Waals surface area (Å²) >= 11 is 0. The number of rotatable bonds is 5. The first-order valence-electron chi connectivity index (χ1n) is 12.2. The van der Waals surface area contributed by atoms with Crippen molar-refractivity contribution in [3.05, 3.63) is 35.5 Å². The number of hydrogen-bond donors (Lipinski definition) is 2. The zero-order valence-electron chi connectivity index (χ0n) is 23.0. The first kappa shape index (κ1) is 5.65. The lowest BCUT2D eigenvalue weighted by molar-refractivity contribution is 0.177. The first-order valence-corrected chi connectivity index (χ1v) is 6.27. The zero-order valence-corrected chi connectivity index (χ0v) is 11.0. The van der Waals surface area contributed by atoms with Crippen LogP contribution in [0.15, 0.2) is 24.4 Å². The van der Waals surface area contributed by atoms with Crippen molar-refractivity contribution in [1.29, 1.82) is 0 Å². The van der Waals surface area contributed by atoms with Gasteiger partial charge in [0.25, 0.3) is 0 Å². The van der Waals surface area contributed by atoms with E-state index in [1.807, 2.05) is 0 Å². The van der Waals surface area contributed by atoms with Crippen molar-refractivity contribution in [2.24, 2.45) is 0 Å². The number of amides is 1. The minimum absolute atomic E-state index is 0.102. The molecule has 0 saturated carbocycles. The summed E-state index contributed by atoms with van der Waals surface area (Å²) in [5.74, 6) is 0. The molecule has 2 heterocycles. The number of aromatic nitrogens is 1. The van der Waals surface area contributed by atoms with Gasteiger partial charge in [-0.05, 0) is 50.0 Å². The van der Waals surface area contributed by atoms with Gasteiger partial charge in [0.05, 0.1) is 8.78 Å². The average Bonchev–Trinajstić information content (AvgIpc) is 3.07. The molecule has 2 aromatic rings. The van der Waals surface area contributed by atoms with Gasteiger partial charge in [-0.25, -0.2) is 4.79 Å². The summed E-state index contributed by atoms with van der Waals surface area (Å²) in [5, 5.41) is 0.566. The Balaban J connectivity index is 2.01. The number of hydrogen-bond acceptors (Lipinski definition) is 3. The van der Waals surface area contributed by atoms with Crippen LogP contribution in [-0.4, -0.2) is 49.1 Å². The number of likely N-dealkylation sites (N-methyl/N-ethyl adjacent to an activating group) is 1. The van der Waals surface area contributed by atoms with E-state index in [9.17, 15) is 4.79 Å². The normalized spacial score (nSPS) is 31.4. The van der Waals surface area contributed by atoms with E-state index in [0.29, 0.717) is 10.9 Å². The SMILES string of the molecule is [2H]N1C(=O)OC([2H])([2H])[C@@H]1Cc1ccc2c(c1)c(C([2H])([2H])CN(C([2H])([2H])[2H])C([2H])([2H])[2H])cn2[2H]. The second-order valence-corrected chi connectivity index (χ2v) is 4.62. The van der Waals surface area contributed by atoms with Crippen LogP contribution in [0.2, 0.25) is 2.82 Å². The van der Waals surface area contributed by atoms with Crippen molar-refractivity contribution in [2.75, 3.05) is 27.1 Å². The molecule has 3 rings (SSSR count). The monoisotopic (exact) mass is 299 g/mol. The van der Waals surface area contributed by atoms with Gasteiger partial charge in [-0.15, -0.1) is 0 Å². The summed E-state index contributed by atoms with van der Waals surface area (Å²) in [4.78, 5) is 12.5. The maximum atomic E-state index is 11.6. The van der Waals surface area contributed by atoms with E-state index < -0.39 is 45.6 Å². The molecule has 1 atom stereocenters. The third-order valence-electron chi connectivity index (χ3n) is 3.08. The standard InChI is InChI=1S/C16H21N3O2/c1-19(2)6-5-12-9-17-15-4-3-11(8-14(12)15)7-13-10-21-16(20)18-13/h3-4,8-9,13,17H,5-7,10H2,1-2H3,(H,18,20)/t13-/m0/s1/i1D3,2D3,5D2,10D2/hD2. The fourth-order valence-electron chi connectivity index (χ4n) is 2.16. The van der Waals surface area contributed by atoms with Gasteiger partial charge in [-0.1, -0.05) is 6.07 Å². The van der Waals surface area contributed by atoms with E-state index in [1.54, 1.807) is 0 Å². The van der Waals surface area contributed by atoms with Crippen LogP contribution in [0.3, 0.4) is 0 Å². The lowest BCUT2D eigenvalue weighted by atomic mass is 10.0. The molecular weight excluding hydrogens is 266 g/mol. The number of aromatic amines is 1. The number of ether oxygens (including phenoxy) is 1. The number of fused-ring (bicyclic) bond motifs is 1. The number of cyclic esters (lactones) is 1. The number of benzene rings is 1. The molecule has 5 nitrogen and oxygen atoms in total. The number of carbonyl (C=O) groups excluding carboxylic acids is 1. The van der Waals surface area contributed by atoms with E-state index in [4.69, 9.17) is 16.5 Å². The van der Waals surface area contributed by atoms with Gasteiger partial charge in [0.15, 0.2) is 2.82 Å². The minimum Gasteiger partial charge on any atom is -0.447 e. The maximum absolute atomic E-state index is 11.6. The van der Waals surface area contributed by atoms with E-state index in [0.717, 1.165) is 11.2 Å². The van der Waals surface area contributed by atoms with Crippen LogP contribution in [-0.2, 0) is 17.5 Å². The Hall–Kier alpha value is -2.01. The van der Waals surface area contributed by atoms with Crippen LogP contribution >= 0.6 is 0 Å². The molecule has 1 aromatic carbocycles. The summed E-state index contributed by atoms with van der Waals surface area (Å²) in [6, 6.07) is 3.15. The van der Waals surface area contributed by atoms with Crippen molar-refractivity contribution in [1.82, 2.24) is 15.2 Å². The lowest BCUT2D eigenvalue weighted by Crippen LogP contribution is -2.28. The number of carbonyl (C=O) groups is 1. The van der Waals surface area contributed by atoms with Gasteiger partial charge >= 0.3 is 6.09 Å². The third kappa shape index (κ3) is 3.19. The van der Waals surface area contributed by atoms with E-state index in [2.05, 4.69) is 4.74 Å². The first-order chi connectivity index (χ1) is 14.8. The molecule has 0 aliphatic carbocycles. The molecular formula is C16H21N3O2. The predicted octanol–water partition coefficient (Wildman–Crippen LogP) is 1.92. The molecule has 2 N–H and O–H groups in total. The van der Waals surface area contributed by atoms with E-state index in [-0.39, 0.29) is 27.8 Å². The van der Waals surface area contributed by atoms with Crippen LogP contribution < -0.4 is 5.31 Å². The van der Waals surface area contributed by atoms with Crippen molar-refractivity contribution >= 4 is 17.0 Å². The van der Waals surface area contributed by atoms with Gasteiger partial charge in [0.1, 0.15) is 6.56 Å². The molecule has 112 valence electrons. The number of alkyl carbamates (subject to hydrolysis) is 1. The summed E-state index contributed by atoms with van der Waals surface area (Å²) in [6.45, 7) is -9.62. The summed E-state index contributed by atoms with van der Waals surface area (Å²) in [5.41, 5.74) is 0.521. The Labute approximate surface area is 141 Å². The number of nitrogens with zero attached hydrogens (tertiary/aromatic N) is 1. The minimum atomic E-state index is -3.10. The Morgan fingerprint density at radius 2 is 2.52 bits per heavy atom. The highest BCUT2D eigenvalue weighted by molar-refractivity contribution is 5.84. The van der Waals surface area contributed by atoms with E-state index >= 15 is 0 Å². The molecule has 1 amide bonds. The molecule has 1 aliphatic heterocycles. The molecule has 0 unspecified atom stereocenters. The van der Waals surface area contributed by atoms with Crippen LogP contribution in [0, 0.1) is 0 Å².